The van der Waals surface area contributed by atoms with Gasteiger partial charge >= 0.3 is 0 Å². The maximum Gasteiger partial charge on any atom is 0.224 e. The Bertz CT molecular complexity index is 747. The zero-order valence-corrected chi connectivity index (χ0v) is 17.5. The lowest BCUT2D eigenvalue weighted by atomic mass is 9.95. The largest absolute Gasteiger partial charge is 0.378 e. The summed E-state index contributed by atoms with van der Waals surface area (Å²) in [6, 6.07) is 7.04. The van der Waals surface area contributed by atoms with Crippen molar-refractivity contribution in [3.8, 4) is 0 Å². The third-order valence-electron chi connectivity index (χ3n) is 6.58. The molecule has 2 atom stereocenters. The van der Waals surface area contributed by atoms with Crippen LogP contribution in [0.5, 0.6) is 0 Å². The number of morpholine rings is 1. The van der Waals surface area contributed by atoms with Crippen LogP contribution in [0.2, 0.25) is 5.02 Å². The van der Waals surface area contributed by atoms with Gasteiger partial charge in [0, 0.05) is 61.0 Å². The number of carbonyl (C=O) groups is 1. The number of hydrogen-bond donors (Lipinski definition) is 0. The third kappa shape index (κ3) is 3.93. The summed E-state index contributed by atoms with van der Waals surface area (Å²) in [7, 11) is 2.22. The molecule has 3 heterocycles. The second-order valence-electron chi connectivity index (χ2n) is 8.12. The number of ether oxygens (including phenoxy) is 1. The van der Waals surface area contributed by atoms with Crippen molar-refractivity contribution in [2.45, 2.75) is 37.8 Å². The molecular formula is C22H30ClN3O2. The predicted molar refractivity (Wildman–Crippen MR) is 114 cm³/mol. The summed E-state index contributed by atoms with van der Waals surface area (Å²) in [6.07, 6.45) is 3.99. The molecule has 6 heteroatoms. The highest BCUT2D eigenvalue weighted by atomic mass is 35.5. The van der Waals surface area contributed by atoms with Crippen molar-refractivity contribution in [3.63, 3.8) is 0 Å². The van der Waals surface area contributed by atoms with E-state index in [2.05, 4.69) is 29.5 Å². The van der Waals surface area contributed by atoms with Gasteiger partial charge in [0.2, 0.25) is 5.91 Å². The molecule has 3 aliphatic heterocycles. The fourth-order valence-electron chi connectivity index (χ4n) is 4.86. The quantitative estimate of drug-likeness (QED) is 0.776. The van der Waals surface area contributed by atoms with Gasteiger partial charge in [0.15, 0.2) is 0 Å². The zero-order chi connectivity index (χ0) is 19.7. The van der Waals surface area contributed by atoms with E-state index in [9.17, 15) is 4.79 Å². The molecule has 2 fully saturated rings. The number of halogens is 1. The average Bonchev–Trinajstić information content (AvgIpc) is 3.09. The first kappa shape index (κ1) is 19.7. The Balaban J connectivity index is 1.56. The summed E-state index contributed by atoms with van der Waals surface area (Å²) in [5.74, 6) is 0.219. The van der Waals surface area contributed by atoms with E-state index >= 15 is 0 Å². The molecule has 3 aliphatic rings. The lowest BCUT2D eigenvalue weighted by Gasteiger charge is -2.31. The lowest BCUT2D eigenvalue weighted by molar-refractivity contribution is -0.135. The van der Waals surface area contributed by atoms with Gasteiger partial charge in [-0.1, -0.05) is 18.2 Å². The topological polar surface area (TPSA) is 36.0 Å². The number of nitrogens with zero attached hydrogens (tertiary/aromatic N) is 3. The summed E-state index contributed by atoms with van der Waals surface area (Å²) in [6.45, 7) is 8.82. The first-order chi connectivity index (χ1) is 13.5. The van der Waals surface area contributed by atoms with E-state index in [0.29, 0.717) is 44.8 Å². The van der Waals surface area contributed by atoms with E-state index in [1.165, 1.54) is 6.42 Å². The first-order valence-electron chi connectivity index (χ1n) is 10.4. The van der Waals surface area contributed by atoms with Crippen LogP contribution in [-0.2, 0) is 9.53 Å². The minimum Gasteiger partial charge on any atom is -0.378 e. The van der Waals surface area contributed by atoms with Gasteiger partial charge in [-0.2, -0.15) is 0 Å². The molecule has 0 aromatic heterocycles. The van der Waals surface area contributed by atoms with Crippen molar-refractivity contribution >= 4 is 28.8 Å². The number of likely N-dealkylation sites (N-methyl/N-ethyl adjacent to an activating group) is 1. The van der Waals surface area contributed by atoms with Gasteiger partial charge in [0.05, 0.1) is 13.2 Å². The van der Waals surface area contributed by atoms with E-state index in [1.54, 1.807) is 0 Å². The molecule has 0 saturated carbocycles. The summed E-state index contributed by atoms with van der Waals surface area (Å²) in [5.41, 5.74) is 3.43. The van der Waals surface area contributed by atoms with Crippen LogP contribution in [-0.4, -0.2) is 74.2 Å². The Kier molecular flexibility index (Phi) is 5.95. The van der Waals surface area contributed by atoms with Crippen molar-refractivity contribution in [1.29, 1.82) is 0 Å². The highest BCUT2D eigenvalue weighted by Gasteiger charge is 2.35. The Morgan fingerprint density at radius 1 is 1.21 bits per heavy atom. The van der Waals surface area contributed by atoms with E-state index in [-0.39, 0.29) is 5.91 Å². The maximum absolute atomic E-state index is 12.7. The van der Waals surface area contributed by atoms with Gasteiger partial charge < -0.3 is 14.5 Å². The van der Waals surface area contributed by atoms with Crippen LogP contribution in [0.1, 0.15) is 31.2 Å². The van der Waals surface area contributed by atoms with Gasteiger partial charge in [-0.15, -0.1) is 0 Å². The minimum absolute atomic E-state index is 0.219. The molecular weight excluding hydrogens is 374 g/mol. The standard InChI is InChI=1S/C22H30ClN3O2/c1-16-19-15-17(23)3-5-21(19)25(9-7-18-4-6-20(16)24(18)2)10-8-22(27)26-11-13-28-14-12-26/h3,5,15,18,20H,1,4,6-14H2,2H3. The summed E-state index contributed by atoms with van der Waals surface area (Å²) < 4.78 is 5.37. The number of fused-ring (bicyclic) bond motifs is 3. The zero-order valence-electron chi connectivity index (χ0n) is 16.7. The van der Waals surface area contributed by atoms with Crippen LogP contribution in [0.4, 0.5) is 5.69 Å². The lowest BCUT2D eigenvalue weighted by Crippen LogP contribution is -2.42. The Morgan fingerprint density at radius 3 is 2.79 bits per heavy atom. The SMILES string of the molecule is C=C1c2cc(Cl)ccc2N(CCC(=O)N2CCOCC2)CCC2CCC1N2C. The normalized spacial score (nSPS) is 25.9. The summed E-state index contributed by atoms with van der Waals surface area (Å²) in [4.78, 5) is 19.4. The Morgan fingerprint density at radius 2 is 2.00 bits per heavy atom. The molecule has 0 aliphatic carbocycles. The first-order valence-corrected chi connectivity index (χ1v) is 10.7. The van der Waals surface area contributed by atoms with Crippen LogP contribution in [0.3, 0.4) is 0 Å². The van der Waals surface area contributed by atoms with E-state index in [1.807, 2.05) is 17.0 Å². The Hall–Kier alpha value is -1.56. The summed E-state index contributed by atoms with van der Waals surface area (Å²) >= 11 is 6.35. The number of rotatable bonds is 3. The smallest absolute Gasteiger partial charge is 0.224 e. The molecule has 152 valence electrons. The third-order valence-corrected chi connectivity index (χ3v) is 6.82. The predicted octanol–water partition coefficient (Wildman–Crippen LogP) is 3.28. The second kappa shape index (κ2) is 8.44. The van der Waals surface area contributed by atoms with Crippen LogP contribution in [0.15, 0.2) is 24.8 Å². The van der Waals surface area contributed by atoms with E-state index in [0.717, 1.165) is 47.8 Å². The van der Waals surface area contributed by atoms with Gasteiger partial charge in [0.25, 0.3) is 0 Å². The molecule has 2 unspecified atom stereocenters. The molecule has 5 nitrogen and oxygen atoms in total. The monoisotopic (exact) mass is 403 g/mol. The minimum atomic E-state index is 0.219. The number of hydrogen-bond acceptors (Lipinski definition) is 4. The van der Waals surface area contributed by atoms with Gasteiger partial charge in [0.1, 0.15) is 0 Å². The van der Waals surface area contributed by atoms with E-state index in [4.69, 9.17) is 16.3 Å². The van der Waals surface area contributed by atoms with Crippen molar-refractivity contribution in [2.75, 3.05) is 51.3 Å². The molecule has 28 heavy (non-hydrogen) atoms. The molecule has 0 spiro atoms. The van der Waals surface area contributed by atoms with Gasteiger partial charge in [-0.05, 0) is 50.1 Å². The molecule has 0 N–H and O–H groups in total. The number of amides is 1. The van der Waals surface area contributed by atoms with Crippen LogP contribution >= 0.6 is 11.6 Å². The van der Waals surface area contributed by atoms with Crippen molar-refractivity contribution in [1.82, 2.24) is 9.80 Å². The number of anilines is 1. The molecule has 4 rings (SSSR count). The highest BCUT2D eigenvalue weighted by Crippen LogP contribution is 2.39. The summed E-state index contributed by atoms with van der Waals surface area (Å²) in [5, 5.41) is 0.737. The Labute approximate surface area is 172 Å². The highest BCUT2D eigenvalue weighted by molar-refractivity contribution is 6.30. The molecule has 2 bridgehead atoms. The van der Waals surface area contributed by atoms with Gasteiger partial charge in [-0.25, -0.2) is 0 Å². The average molecular weight is 404 g/mol. The van der Waals surface area contributed by atoms with Crippen LogP contribution in [0, 0.1) is 0 Å². The molecule has 1 aromatic rings. The van der Waals surface area contributed by atoms with Crippen molar-refractivity contribution in [3.05, 3.63) is 35.4 Å². The molecule has 1 aromatic carbocycles. The molecule has 0 radical (unpaired) electrons. The maximum atomic E-state index is 12.7. The van der Waals surface area contributed by atoms with Gasteiger partial charge in [-0.3, -0.25) is 9.69 Å². The fraction of sp³-hybridized carbons (Fsp3) is 0.591. The molecule has 1 amide bonds. The fourth-order valence-corrected chi connectivity index (χ4v) is 5.03. The van der Waals surface area contributed by atoms with Crippen molar-refractivity contribution in [2.24, 2.45) is 0 Å². The number of benzene rings is 1. The van der Waals surface area contributed by atoms with Crippen LogP contribution in [0.25, 0.3) is 5.57 Å². The van der Waals surface area contributed by atoms with E-state index < -0.39 is 0 Å². The number of carbonyl (C=O) groups excluding carboxylic acids is 1. The van der Waals surface area contributed by atoms with Crippen molar-refractivity contribution < 1.29 is 9.53 Å². The molecule has 2 saturated heterocycles. The van der Waals surface area contributed by atoms with Crippen LogP contribution < -0.4 is 4.90 Å². The second-order valence-corrected chi connectivity index (χ2v) is 8.55.